The average Bonchev–Trinajstić information content (AvgIpc) is 3.30. The normalized spacial score (nSPS) is 19.3. The van der Waals surface area contributed by atoms with Crippen LogP contribution in [-0.4, -0.2) is 33.3 Å². The third-order valence-corrected chi connectivity index (χ3v) is 3.88. The monoisotopic (exact) mass is 243 g/mol. The largest absolute Gasteiger partial charge is 0.355 e. The van der Waals surface area contributed by atoms with E-state index in [1.165, 1.54) is 25.7 Å². The van der Waals surface area contributed by atoms with Crippen LogP contribution in [0.15, 0.2) is 12.5 Å². The molecule has 0 atom stereocenters. The Hall–Kier alpha value is -1.65. The van der Waals surface area contributed by atoms with E-state index in [-0.39, 0.29) is 0 Å². The lowest BCUT2D eigenvalue weighted by Gasteiger charge is -2.23. The van der Waals surface area contributed by atoms with E-state index in [1.54, 1.807) is 6.33 Å². The van der Waals surface area contributed by atoms with Crippen molar-refractivity contribution < 1.29 is 0 Å². The van der Waals surface area contributed by atoms with Crippen LogP contribution in [0.2, 0.25) is 0 Å². The van der Waals surface area contributed by atoms with Crippen molar-refractivity contribution in [1.82, 2.24) is 20.2 Å². The number of H-pyrrole nitrogens is 1. The molecule has 0 radical (unpaired) electrons. The summed E-state index contributed by atoms with van der Waals surface area (Å²) in [5.41, 5.74) is 0.844. The fourth-order valence-electron chi connectivity index (χ4n) is 2.48. The Morgan fingerprint density at radius 3 is 2.50 bits per heavy atom. The smallest absolute Gasteiger partial charge is 0.160 e. The zero-order valence-corrected chi connectivity index (χ0v) is 10.3. The van der Waals surface area contributed by atoms with E-state index in [0.29, 0.717) is 0 Å². The number of nitrogens with one attached hydrogen (secondary N) is 1. The predicted octanol–water partition coefficient (Wildman–Crippen LogP) is 1.98. The zero-order chi connectivity index (χ0) is 11.9. The second-order valence-electron chi connectivity index (χ2n) is 5.62. The van der Waals surface area contributed by atoms with Crippen molar-refractivity contribution in [1.29, 1.82) is 0 Å². The van der Waals surface area contributed by atoms with Gasteiger partial charge in [-0.1, -0.05) is 0 Å². The zero-order valence-electron chi connectivity index (χ0n) is 10.3. The molecule has 4 rings (SSSR count). The first-order valence-corrected chi connectivity index (χ1v) is 6.79. The lowest BCUT2D eigenvalue weighted by Crippen LogP contribution is -2.29. The molecule has 0 aliphatic heterocycles. The molecule has 0 bridgehead atoms. The number of hydrogen-bond acceptors (Lipinski definition) is 4. The van der Waals surface area contributed by atoms with Gasteiger partial charge < -0.3 is 4.90 Å². The van der Waals surface area contributed by atoms with Gasteiger partial charge in [-0.3, -0.25) is 5.10 Å². The number of rotatable bonds is 5. The van der Waals surface area contributed by atoms with Crippen molar-refractivity contribution in [3.63, 3.8) is 0 Å². The third kappa shape index (κ3) is 1.94. The molecule has 1 N–H and O–H groups in total. The maximum atomic E-state index is 4.50. The molecule has 2 heterocycles. The summed E-state index contributed by atoms with van der Waals surface area (Å²) >= 11 is 0. The van der Waals surface area contributed by atoms with Crippen LogP contribution in [0, 0.1) is 11.8 Å². The molecular weight excluding hydrogens is 226 g/mol. The fourth-order valence-corrected chi connectivity index (χ4v) is 2.48. The Morgan fingerprint density at radius 1 is 1.11 bits per heavy atom. The van der Waals surface area contributed by atoms with Gasteiger partial charge in [0.1, 0.15) is 12.1 Å². The van der Waals surface area contributed by atoms with E-state index in [0.717, 1.165) is 41.8 Å². The fraction of sp³-hybridized carbons (Fsp3) is 0.615. The number of anilines is 1. The van der Waals surface area contributed by atoms with Crippen molar-refractivity contribution in [3.8, 4) is 0 Å². The summed E-state index contributed by atoms with van der Waals surface area (Å²) in [7, 11) is 0. The second kappa shape index (κ2) is 3.93. The number of aromatic amines is 1. The van der Waals surface area contributed by atoms with E-state index in [1.807, 2.05) is 6.20 Å². The highest BCUT2D eigenvalue weighted by atomic mass is 15.2. The highest BCUT2D eigenvalue weighted by molar-refractivity contribution is 5.86. The minimum absolute atomic E-state index is 0.844. The van der Waals surface area contributed by atoms with Crippen LogP contribution < -0.4 is 4.90 Å². The molecule has 18 heavy (non-hydrogen) atoms. The Kier molecular flexibility index (Phi) is 2.25. The number of hydrogen-bond donors (Lipinski definition) is 1. The van der Waals surface area contributed by atoms with Crippen molar-refractivity contribution in [2.45, 2.75) is 25.7 Å². The number of aromatic nitrogens is 4. The SMILES string of the molecule is c1nc(N(CC2CC2)CC2CC2)c2cn[nH]c2n1. The van der Waals surface area contributed by atoms with Crippen LogP contribution in [0.4, 0.5) is 5.82 Å². The molecule has 0 amide bonds. The summed E-state index contributed by atoms with van der Waals surface area (Å²) in [6.45, 7) is 2.29. The van der Waals surface area contributed by atoms with E-state index >= 15 is 0 Å². The van der Waals surface area contributed by atoms with E-state index in [9.17, 15) is 0 Å². The van der Waals surface area contributed by atoms with Gasteiger partial charge >= 0.3 is 0 Å². The lowest BCUT2D eigenvalue weighted by atomic mass is 10.2. The molecule has 0 spiro atoms. The van der Waals surface area contributed by atoms with Gasteiger partial charge in [0.05, 0.1) is 11.6 Å². The van der Waals surface area contributed by atoms with Gasteiger partial charge in [-0.25, -0.2) is 9.97 Å². The number of fused-ring (bicyclic) bond motifs is 1. The first-order valence-electron chi connectivity index (χ1n) is 6.79. The van der Waals surface area contributed by atoms with Crippen LogP contribution in [-0.2, 0) is 0 Å². The Bertz CT molecular complexity index is 541. The van der Waals surface area contributed by atoms with Crippen molar-refractivity contribution in [2.75, 3.05) is 18.0 Å². The molecule has 5 heteroatoms. The van der Waals surface area contributed by atoms with Crippen LogP contribution >= 0.6 is 0 Å². The minimum atomic E-state index is 0.844. The Labute approximate surface area is 106 Å². The molecular formula is C13H17N5. The Balaban J connectivity index is 1.68. The van der Waals surface area contributed by atoms with Gasteiger partial charge in [0.2, 0.25) is 0 Å². The first-order chi connectivity index (χ1) is 8.90. The predicted molar refractivity (Wildman–Crippen MR) is 69.3 cm³/mol. The van der Waals surface area contributed by atoms with Gasteiger partial charge in [0.25, 0.3) is 0 Å². The molecule has 5 nitrogen and oxygen atoms in total. The second-order valence-corrected chi connectivity index (χ2v) is 5.62. The highest BCUT2D eigenvalue weighted by Gasteiger charge is 2.30. The molecule has 2 aromatic rings. The summed E-state index contributed by atoms with van der Waals surface area (Å²) in [4.78, 5) is 11.2. The summed E-state index contributed by atoms with van der Waals surface area (Å²) in [6, 6.07) is 0. The van der Waals surface area contributed by atoms with Crippen LogP contribution in [0.25, 0.3) is 11.0 Å². The molecule has 94 valence electrons. The summed E-state index contributed by atoms with van der Waals surface area (Å²) in [5.74, 6) is 2.81. The maximum Gasteiger partial charge on any atom is 0.160 e. The Morgan fingerprint density at radius 2 is 1.83 bits per heavy atom. The van der Waals surface area contributed by atoms with E-state index < -0.39 is 0 Å². The molecule has 0 unspecified atom stereocenters. The molecule has 2 saturated carbocycles. The molecule has 2 aliphatic rings. The van der Waals surface area contributed by atoms with Crippen molar-refractivity contribution >= 4 is 16.9 Å². The minimum Gasteiger partial charge on any atom is -0.355 e. The number of nitrogens with zero attached hydrogens (tertiary/aromatic N) is 4. The van der Waals surface area contributed by atoms with Gasteiger partial charge in [0.15, 0.2) is 5.65 Å². The van der Waals surface area contributed by atoms with Gasteiger partial charge in [-0.2, -0.15) is 5.10 Å². The molecule has 2 fully saturated rings. The first kappa shape index (κ1) is 10.3. The van der Waals surface area contributed by atoms with E-state index in [4.69, 9.17) is 0 Å². The van der Waals surface area contributed by atoms with Gasteiger partial charge in [-0.05, 0) is 37.5 Å². The highest BCUT2D eigenvalue weighted by Crippen LogP contribution is 2.36. The van der Waals surface area contributed by atoms with Crippen LogP contribution in [0.5, 0.6) is 0 Å². The summed E-state index contributed by atoms with van der Waals surface area (Å²) in [5, 5.41) is 8.06. The van der Waals surface area contributed by atoms with Crippen molar-refractivity contribution in [2.24, 2.45) is 11.8 Å². The van der Waals surface area contributed by atoms with Gasteiger partial charge in [-0.15, -0.1) is 0 Å². The molecule has 0 aromatic carbocycles. The average molecular weight is 243 g/mol. The molecule has 2 aromatic heterocycles. The topological polar surface area (TPSA) is 57.7 Å². The van der Waals surface area contributed by atoms with Gasteiger partial charge in [0, 0.05) is 13.1 Å². The standard InChI is InChI=1S/C13H17N5/c1-2-9(1)6-18(7-10-3-4-10)13-11-5-16-17-12(11)14-8-15-13/h5,8-10H,1-4,6-7H2,(H,14,15,16,17). The summed E-state index contributed by atoms with van der Waals surface area (Å²) < 4.78 is 0. The third-order valence-electron chi connectivity index (χ3n) is 3.88. The van der Waals surface area contributed by atoms with Crippen LogP contribution in [0.3, 0.4) is 0 Å². The quantitative estimate of drug-likeness (QED) is 0.872. The van der Waals surface area contributed by atoms with Crippen LogP contribution in [0.1, 0.15) is 25.7 Å². The maximum absolute atomic E-state index is 4.50. The summed E-state index contributed by atoms with van der Waals surface area (Å²) in [6.07, 6.45) is 8.99. The van der Waals surface area contributed by atoms with Crippen molar-refractivity contribution in [3.05, 3.63) is 12.5 Å². The van der Waals surface area contributed by atoms with E-state index in [2.05, 4.69) is 25.1 Å². The molecule has 0 saturated heterocycles. The lowest BCUT2D eigenvalue weighted by molar-refractivity contribution is 0.673. The molecule has 2 aliphatic carbocycles.